The van der Waals surface area contributed by atoms with Gasteiger partial charge in [0.2, 0.25) is 5.82 Å². The number of H-pyrrole nitrogens is 1. The molecule has 0 saturated carbocycles. The van der Waals surface area contributed by atoms with E-state index in [0.717, 1.165) is 6.07 Å². The first-order valence-electron chi connectivity index (χ1n) is 7.88. The number of rotatable bonds is 4. The van der Waals surface area contributed by atoms with Crippen molar-refractivity contribution in [2.24, 2.45) is 0 Å². The molecule has 0 aliphatic heterocycles. The van der Waals surface area contributed by atoms with Gasteiger partial charge in [0.25, 0.3) is 0 Å². The summed E-state index contributed by atoms with van der Waals surface area (Å²) in [6.07, 6.45) is -4.50. The number of benzene rings is 2. The third-order valence-electron chi connectivity index (χ3n) is 4.03. The monoisotopic (exact) mass is 455 g/mol. The van der Waals surface area contributed by atoms with Gasteiger partial charge in [0.15, 0.2) is 17.2 Å². The lowest BCUT2D eigenvalue weighted by Crippen LogP contribution is -2.08. The number of aromatic nitrogens is 4. The average Bonchev–Trinajstić information content (AvgIpc) is 3.31. The zero-order valence-corrected chi connectivity index (χ0v) is 15.4. The number of nitrogens with zero attached hydrogens (tertiary/aromatic N) is 3. The van der Waals surface area contributed by atoms with E-state index in [1.54, 1.807) is 12.1 Å². The number of anilines is 1. The Morgan fingerprint density at radius 1 is 1.14 bits per heavy atom. The molecule has 0 aliphatic carbocycles. The standard InChI is InChI=1S/C17H10BrF4N5O/c18-12-4-3-10(6-11(12)17(20,21)22)23-7-9-2-1-8-5-13(16-24-26-27-25-16)28-15(8)14(9)19/h1-6,23H,7H2,(H,24,25,26,27). The minimum Gasteiger partial charge on any atom is -0.449 e. The van der Waals surface area contributed by atoms with E-state index in [1.807, 2.05) is 0 Å². The Balaban J connectivity index is 1.60. The van der Waals surface area contributed by atoms with Crippen molar-refractivity contribution in [1.82, 2.24) is 20.6 Å². The smallest absolute Gasteiger partial charge is 0.417 e. The number of nitrogens with one attached hydrogen (secondary N) is 2. The summed E-state index contributed by atoms with van der Waals surface area (Å²) >= 11 is 2.88. The number of aromatic amines is 1. The van der Waals surface area contributed by atoms with Crippen LogP contribution in [-0.2, 0) is 12.7 Å². The largest absolute Gasteiger partial charge is 0.449 e. The number of hydrogen-bond donors (Lipinski definition) is 2. The summed E-state index contributed by atoms with van der Waals surface area (Å²) in [6.45, 7) is -0.0288. The first kappa shape index (κ1) is 18.4. The molecular formula is C17H10BrF4N5O. The van der Waals surface area contributed by atoms with Crippen LogP contribution in [0.3, 0.4) is 0 Å². The topological polar surface area (TPSA) is 79.6 Å². The van der Waals surface area contributed by atoms with Gasteiger partial charge >= 0.3 is 6.18 Å². The fourth-order valence-electron chi connectivity index (χ4n) is 2.67. The van der Waals surface area contributed by atoms with Gasteiger partial charge in [-0.3, -0.25) is 0 Å². The van der Waals surface area contributed by atoms with Crippen LogP contribution < -0.4 is 5.32 Å². The molecule has 2 heterocycles. The highest BCUT2D eigenvalue weighted by atomic mass is 79.9. The number of halogens is 5. The SMILES string of the molecule is Fc1c(CNc2ccc(Br)c(C(F)(F)F)c2)ccc2cc(-c3nn[nH]n3)oc12. The summed E-state index contributed by atoms with van der Waals surface area (Å²) in [4.78, 5) is 0. The van der Waals surface area contributed by atoms with E-state index in [2.05, 4.69) is 41.9 Å². The van der Waals surface area contributed by atoms with Crippen LogP contribution in [0.2, 0.25) is 0 Å². The van der Waals surface area contributed by atoms with E-state index in [-0.39, 0.29) is 39.4 Å². The lowest BCUT2D eigenvalue weighted by atomic mass is 10.1. The van der Waals surface area contributed by atoms with Crippen molar-refractivity contribution in [2.45, 2.75) is 12.7 Å². The average molecular weight is 456 g/mol. The molecule has 11 heteroatoms. The molecule has 0 aliphatic rings. The van der Waals surface area contributed by atoms with Crippen LogP contribution in [0.1, 0.15) is 11.1 Å². The summed E-state index contributed by atoms with van der Waals surface area (Å²) in [5, 5.41) is 16.5. The normalized spacial score (nSPS) is 11.9. The van der Waals surface area contributed by atoms with E-state index in [4.69, 9.17) is 4.42 Å². The summed E-state index contributed by atoms with van der Waals surface area (Å²) in [6, 6.07) is 8.47. The molecule has 0 saturated heterocycles. The first-order valence-corrected chi connectivity index (χ1v) is 8.67. The molecule has 2 aromatic heterocycles. The van der Waals surface area contributed by atoms with Crippen molar-refractivity contribution in [3.63, 3.8) is 0 Å². The minimum absolute atomic E-state index is 0.00545. The Morgan fingerprint density at radius 2 is 1.96 bits per heavy atom. The van der Waals surface area contributed by atoms with E-state index < -0.39 is 17.6 Å². The molecule has 0 fully saturated rings. The number of hydrogen-bond acceptors (Lipinski definition) is 5. The molecule has 2 aromatic carbocycles. The molecule has 6 nitrogen and oxygen atoms in total. The molecule has 4 rings (SSSR count). The van der Waals surface area contributed by atoms with Crippen molar-refractivity contribution in [2.75, 3.05) is 5.32 Å². The number of fused-ring (bicyclic) bond motifs is 1. The van der Waals surface area contributed by atoms with Crippen LogP contribution in [-0.4, -0.2) is 20.6 Å². The summed E-state index contributed by atoms with van der Waals surface area (Å²) in [5.41, 5.74) is -0.366. The lowest BCUT2D eigenvalue weighted by Gasteiger charge is -2.13. The Bertz CT molecular complexity index is 1140. The second-order valence-corrected chi connectivity index (χ2v) is 6.70. The molecule has 4 aromatic rings. The second-order valence-electron chi connectivity index (χ2n) is 5.85. The fourth-order valence-corrected chi connectivity index (χ4v) is 3.14. The van der Waals surface area contributed by atoms with Gasteiger partial charge in [-0.15, -0.1) is 10.2 Å². The van der Waals surface area contributed by atoms with Crippen molar-refractivity contribution < 1.29 is 22.0 Å². The van der Waals surface area contributed by atoms with Crippen molar-refractivity contribution in [3.05, 3.63) is 57.8 Å². The van der Waals surface area contributed by atoms with Crippen LogP contribution in [0.15, 0.2) is 45.3 Å². The zero-order chi connectivity index (χ0) is 19.9. The van der Waals surface area contributed by atoms with Crippen molar-refractivity contribution in [1.29, 1.82) is 0 Å². The quantitative estimate of drug-likeness (QED) is 0.416. The Morgan fingerprint density at radius 3 is 2.68 bits per heavy atom. The summed E-state index contributed by atoms with van der Waals surface area (Å²) < 4.78 is 59.2. The summed E-state index contributed by atoms with van der Waals surface area (Å²) in [5.74, 6) is -0.187. The molecular weight excluding hydrogens is 446 g/mol. The fraction of sp³-hybridized carbons (Fsp3) is 0.118. The molecule has 0 atom stereocenters. The van der Waals surface area contributed by atoms with Gasteiger partial charge in [0, 0.05) is 27.7 Å². The lowest BCUT2D eigenvalue weighted by molar-refractivity contribution is -0.138. The third kappa shape index (κ3) is 3.44. The molecule has 144 valence electrons. The zero-order valence-electron chi connectivity index (χ0n) is 13.8. The van der Waals surface area contributed by atoms with Gasteiger partial charge < -0.3 is 9.73 Å². The van der Waals surface area contributed by atoms with Gasteiger partial charge in [-0.25, -0.2) is 4.39 Å². The van der Waals surface area contributed by atoms with E-state index in [0.29, 0.717) is 5.39 Å². The number of alkyl halides is 3. The van der Waals surface area contributed by atoms with Crippen LogP contribution in [0.25, 0.3) is 22.6 Å². The van der Waals surface area contributed by atoms with Crippen molar-refractivity contribution >= 4 is 32.6 Å². The van der Waals surface area contributed by atoms with Gasteiger partial charge in [0.1, 0.15) is 0 Å². The molecule has 0 radical (unpaired) electrons. The van der Waals surface area contributed by atoms with Crippen LogP contribution >= 0.6 is 15.9 Å². The molecule has 0 spiro atoms. The Hall–Kier alpha value is -2.95. The maximum Gasteiger partial charge on any atom is 0.417 e. The number of furan rings is 1. The predicted molar refractivity (Wildman–Crippen MR) is 95.8 cm³/mol. The van der Waals surface area contributed by atoms with E-state index >= 15 is 0 Å². The van der Waals surface area contributed by atoms with Gasteiger partial charge in [-0.2, -0.15) is 18.4 Å². The second kappa shape index (κ2) is 6.89. The molecule has 0 bridgehead atoms. The Kier molecular flexibility index (Phi) is 4.53. The first-order chi connectivity index (χ1) is 13.3. The van der Waals surface area contributed by atoms with E-state index in [9.17, 15) is 17.6 Å². The molecule has 0 unspecified atom stereocenters. The predicted octanol–water partition coefficient (Wildman–Crippen LogP) is 5.15. The summed E-state index contributed by atoms with van der Waals surface area (Å²) in [7, 11) is 0. The molecule has 0 amide bonds. The van der Waals surface area contributed by atoms with Crippen LogP contribution in [0, 0.1) is 5.82 Å². The van der Waals surface area contributed by atoms with Gasteiger partial charge in [0.05, 0.1) is 5.56 Å². The van der Waals surface area contributed by atoms with Crippen molar-refractivity contribution in [3.8, 4) is 11.6 Å². The highest BCUT2D eigenvalue weighted by Crippen LogP contribution is 2.36. The molecule has 28 heavy (non-hydrogen) atoms. The maximum atomic E-state index is 14.8. The number of tetrazole rings is 1. The highest BCUT2D eigenvalue weighted by molar-refractivity contribution is 9.10. The van der Waals surface area contributed by atoms with Gasteiger partial charge in [-0.05, 0) is 29.5 Å². The third-order valence-corrected chi connectivity index (χ3v) is 4.72. The highest BCUT2D eigenvalue weighted by Gasteiger charge is 2.33. The minimum atomic E-state index is -4.50. The van der Waals surface area contributed by atoms with Crippen LogP contribution in [0.5, 0.6) is 0 Å². The van der Waals surface area contributed by atoms with Crippen LogP contribution in [0.4, 0.5) is 23.2 Å². The van der Waals surface area contributed by atoms with Gasteiger partial charge in [-0.1, -0.05) is 28.1 Å². The van der Waals surface area contributed by atoms with E-state index in [1.165, 1.54) is 18.2 Å². The molecule has 2 N–H and O–H groups in total. The Labute approximate surface area is 163 Å². The maximum absolute atomic E-state index is 14.8.